The molecule has 0 radical (unpaired) electrons. The first kappa shape index (κ1) is 14.9. The van der Waals surface area contributed by atoms with E-state index in [4.69, 9.17) is 12.2 Å². The Morgan fingerprint density at radius 1 is 1.52 bits per heavy atom. The van der Waals surface area contributed by atoms with Crippen molar-refractivity contribution in [3.8, 4) is 0 Å². The molecule has 21 heavy (non-hydrogen) atoms. The van der Waals surface area contributed by atoms with Crippen LogP contribution >= 0.6 is 23.6 Å². The molecule has 7 heteroatoms. The lowest BCUT2D eigenvalue weighted by molar-refractivity contribution is -0.0909. The van der Waals surface area contributed by atoms with Crippen molar-refractivity contribution < 1.29 is 5.11 Å². The fourth-order valence-electron chi connectivity index (χ4n) is 3.35. The number of aromatic nitrogens is 4. The second-order valence-corrected chi connectivity index (χ2v) is 7.77. The summed E-state index contributed by atoms with van der Waals surface area (Å²) in [6, 6.07) is 0. The maximum Gasteiger partial charge on any atom is 0.215 e. The minimum Gasteiger partial charge on any atom is -0.387 e. The molecule has 0 aromatic carbocycles. The molecule has 0 saturated heterocycles. The summed E-state index contributed by atoms with van der Waals surface area (Å²) in [5.74, 6) is 0.184. The average Bonchev–Trinajstić information content (AvgIpc) is 3.10. The van der Waals surface area contributed by atoms with Gasteiger partial charge in [0.1, 0.15) is 6.33 Å². The molecule has 114 valence electrons. The zero-order valence-corrected chi connectivity index (χ0v) is 13.9. The second kappa shape index (κ2) is 5.30. The smallest absolute Gasteiger partial charge is 0.215 e. The first-order chi connectivity index (χ1) is 9.92. The van der Waals surface area contributed by atoms with Crippen LogP contribution in [0, 0.1) is 16.1 Å². The minimum absolute atomic E-state index is 0.158. The number of aromatic amines is 1. The van der Waals surface area contributed by atoms with Crippen LogP contribution in [0.5, 0.6) is 0 Å². The molecule has 3 rings (SSSR count). The van der Waals surface area contributed by atoms with Crippen molar-refractivity contribution in [3.63, 3.8) is 0 Å². The van der Waals surface area contributed by atoms with Crippen molar-refractivity contribution in [1.82, 2.24) is 19.7 Å². The number of H-pyrrole nitrogens is 1. The maximum atomic E-state index is 11.4. The summed E-state index contributed by atoms with van der Waals surface area (Å²) in [6.45, 7) is 4.72. The molecule has 2 aromatic rings. The van der Waals surface area contributed by atoms with E-state index >= 15 is 0 Å². The molecular weight excluding hydrogens is 304 g/mol. The molecule has 2 N–H and O–H groups in total. The standard InChI is InChI=1S/C14H20N4OS2/c1-13(2)4-3-10(7-11-15-5-6-21-11)14(13,19)8-18-12(20)16-9-17-18/h5-6,9-10,19H,3-4,7-8H2,1-2H3,(H,16,17,20). The number of nitrogens with one attached hydrogen (secondary N) is 1. The molecule has 2 atom stereocenters. The molecule has 2 aromatic heterocycles. The van der Waals surface area contributed by atoms with E-state index in [1.807, 2.05) is 11.6 Å². The van der Waals surface area contributed by atoms with Crippen LogP contribution in [0.2, 0.25) is 0 Å². The summed E-state index contributed by atoms with van der Waals surface area (Å²) < 4.78 is 2.25. The number of hydrogen-bond donors (Lipinski definition) is 2. The molecule has 0 aliphatic heterocycles. The van der Waals surface area contributed by atoms with Gasteiger partial charge in [0.25, 0.3) is 0 Å². The van der Waals surface area contributed by atoms with Crippen LogP contribution < -0.4 is 0 Å². The third kappa shape index (κ3) is 2.58. The van der Waals surface area contributed by atoms with Crippen molar-refractivity contribution in [1.29, 1.82) is 0 Å². The van der Waals surface area contributed by atoms with Gasteiger partial charge >= 0.3 is 0 Å². The normalized spacial score (nSPS) is 28.0. The Bertz CT molecular complexity index is 661. The van der Waals surface area contributed by atoms with E-state index in [1.54, 1.807) is 22.3 Å². The number of aliphatic hydroxyl groups is 1. The first-order valence-electron chi connectivity index (χ1n) is 7.13. The molecule has 1 aliphatic rings. The van der Waals surface area contributed by atoms with E-state index in [1.165, 1.54) is 0 Å². The Kier molecular flexibility index (Phi) is 3.75. The maximum absolute atomic E-state index is 11.4. The van der Waals surface area contributed by atoms with Gasteiger partial charge < -0.3 is 5.11 Å². The number of thiazole rings is 1. The van der Waals surface area contributed by atoms with E-state index in [2.05, 4.69) is 28.9 Å². The summed E-state index contributed by atoms with van der Waals surface area (Å²) in [7, 11) is 0. The van der Waals surface area contributed by atoms with E-state index in [9.17, 15) is 5.11 Å². The highest BCUT2D eigenvalue weighted by molar-refractivity contribution is 7.71. The molecule has 5 nitrogen and oxygen atoms in total. The molecule has 1 aliphatic carbocycles. The summed E-state index contributed by atoms with van der Waals surface area (Å²) in [6.07, 6.45) is 6.22. The lowest BCUT2D eigenvalue weighted by atomic mass is 9.73. The van der Waals surface area contributed by atoms with E-state index < -0.39 is 5.60 Å². The number of hydrogen-bond acceptors (Lipinski definition) is 5. The number of nitrogens with zero attached hydrogens (tertiary/aromatic N) is 3. The van der Waals surface area contributed by atoms with E-state index in [-0.39, 0.29) is 11.3 Å². The zero-order chi connectivity index (χ0) is 15.1. The van der Waals surface area contributed by atoms with Gasteiger partial charge in [-0.2, -0.15) is 0 Å². The van der Waals surface area contributed by atoms with Gasteiger partial charge in [-0.05, 0) is 36.4 Å². The van der Waals surface area contributed by atoms with Crippen molar-refractivity contribution >= 4 is 23.6 Å². The Balaban J connectivity index is 1.89. The van der Waals surface area contributed by atoms with E-state index in [0.29, 0.717) is 11.3 Å². The van der Waals surface area contributed by atoms with Gasteiger partial charge in [-0.1, -0.05) is 13.8 Å². The Hall–Kier alpha value is -1.05. The molecule has 1 fully saturated rings. The Morgan fingerprint density at radius 3 is 2.95 bits per heavy atom. The van der Waals surface area contributed by atoms with Crippen molar-refractivity contribution in [3.05, 3.63) is 27.7 Å². The van der Waals surface area contributed by atoms with Crippen LogP contribution in [0.4, 0.5) is 0 Å². The molecule has 0 bridgehead atoms. The van der Waals surface area contributed by atoms with Gasteiger partial charge in [0.05, 0.1) is 17.2 Å². The van der Waals surface area contributed by atoms with Crippen LogP contribution in [0.3, 0.4) is 0 Å². The molecular formula is C14H20N4OS2. The highest BCUT2D eigenvalue weighted by Crippen LogP contribution is 2.51. The zero-order valence-electron chi connectivity index (χ0n) is 12.2. The highest BCUT2D eigenvalue weighted by Gasteiger charge is 2.54. The lowest BCUT2D eigenvalue weighted by Gasteiger charge is -2.40. The minimum atomic E-state index is -0.816. The number of rotatable bonds is 4. The van der Waals surface area contributed by atoms with Gasteiger partial charge in [-0.3, -0.25) is 9.78 Å². The third-order valence-electron chi connectivity index (χ3n) is 4.89. The summed E-state index contributed by atoms with van der Waals surface area (Å²) >= 11 is 6.85. The molecule has 0 amide bonds. The van der Waals surface area contributed by atoms with Crippen molar-refractivity contribution in [2.75, 3.05) is 0 Å². The molecule has 1 saturated carbocycles. The van der Waals surface area contributed by atoms with Crippen LogP contribution in [0.25, 0.3) is 0 Å². The van der Waals surface area contributed by atoms with Crippen LogP contribution in [-0.4, -0.2) is 30.5 Å². The highest BCUT2D eigenvalue weighted by atomic mass is 32.1. The first-order valence-corrected chi connectivity index (χ1v) is 8.42. The van der Waals surface area contributed by atoms with E-state index in [0.717, 1.165) is 24.3 Å². The monoisotopic (exact) mass is 324 g/mol. The predicted octanol–water partition coefficient (Wildman–Crippen LogP) is 2.81. The average molecular weight is 324 g/mol. The van der Waals surface area contributed by atoms with Crippen LogP contribution in [0.15, 0.2) is 17.9 Å². The third-order valence-corrected chi connectivity index (χ3v) is 6.02. The quantitative estimate of drug-likeness (QED) is 0.849. The van der Waals surface area contributed by atoms with Crippen molar-refractivity contribution in [2.24, 2.45) is 11.3 Å². The summed E-state index contributed by atoms with van der Waals surface area (Å²) in [5, 5.41) is 17.5. The lowest BCUT2D eigenvalue weighted by Crippen LogP contribution is -2.49. The summed E-state index contributed by atoms with van der Waals surface area (Å²) in [5.41, 5.74) is -0.974. The SMILES string of the molecule is CC1(C)CCC(Cc2nccs2)C1(O)Cn1[nH]cnc1=S. The van der Waals surface area contributed by atoms with Crippen molar-refractivity contribution in [2.45, 2.75) is 45.3 Å². The van der Waals surface area contributed by atoms with Gasteiger partial charge in [-0.15, -0.1) is 11.3 Å². The van der Waals surface area contributed by atoms with Gasteiger partial charge in [0, 0.05) is 18.0 Å². The molecule has 0 spiro atoms. The molecule has 2 heterocycles. The Labute approximate surface area is 133 Å². The second-order valence-electron chi connectivity index (χ2n) is 6.43. The van der Waals surface area contributed by atoms with Gasteiger partial charge in [-0.25, -0.2) is 9.97 Å². The van der Waals surface area contributed by atoms with Gasteiger partial charge in [0.15, 0.2) is 0 Å². The van der Waals surface area contributed by atoms with Crippen LogP contribution in [-0.2, 0) is 13.0 Å². The summed E-state index contributed by atoms with van der Waals surface area (Å²) in [4.78, 5) is 8.41. The largest absolute Gasteiger partial charge is 0.387 e. The predicted molar refractivity (Wildman–Crippen MR) is 84.7 cm³/mol. The fraction of sp³-hybridized carbons (Fsp3) is 0.643. The van der Waals surface area contributed by atoms with Crippen LogP contribution in [0.1, 0.15) is 31.7 Å². The van der Waals surface area contributed by atoms with Gasteiger partial charge in [0.2, 0.25) is 4.77 Å². The topological polar surface area (TPSA) is 66.7 Å². The molecule has 2 unspecified atom stereocenters. The fourth-order valence-corrected chi connectivity index (χ4v) is 4.22. The Morgan fingerprint density at radius 2 is 2.33 bits per heavy atom.